The van der Waals surface area contributed by atoms with E-state index in [-0.39, 0.29) is 23.9 Å². The van der Waals surface area contributed by atoms with Gasteiger partial charge >= 0.3 is 0 Å². The third-order valence-corrected chi connectivity index (χ3v) is 2.22. The second kappa shape index (κ2) is 5.34. The largest absolute Gasteiger partial charge is 0.461 e. The number of carbonyl (C=O) groups excluding carboxylic acids is 2. The van der Waals surface area contributed by atoms with Crippen LogP contribution < -0.4 is 0 Å². The fraction of sp³-hybridized carbons (Fsp3) is 0.455. The van der Waals surface area contributed by atoms with Crippen molar-refractivity contribution >= 4 is 11.7 Å². The molecule has 0 saturated heterocycles. The summed E-state index contributed by atoms with van der Waals surface area (Å²) in [5.41, 5.74) is 0. The second-order valence-corrected chi connectivity index (χ2v) is 3.14. The van der Waals surface area contributed by atoms with Crippen LogP contribution in [0.2, 0.25) is 0 Å². The van der Waals surface area contributed by atoms with E-state index in [2.05, 4.69) is 0 Å². The number of furan rings is 1. The van der Waals surface area contributed by atoms with E-state index in [1.54, 1.807) is 17.0 Å². The van der Waals surface area contributed by atoms with Crippen molar-refractivity contribution in [2.24, 2.45) is 0 Å². The molecule has 0 spiro atoms. The van der Waals surface area contributed by atoms with Crippen LogP contribution in [0.25, 0.3) is 0 Å². The standard InChI is InChI=1S/C11H15NO3/c1-3-12(4-2)11(14)8-9(13)10-6-5-7-15-10/h5-7H,3-4,8H2,1-2H3. The summed E-state index contributed by atoms with van der Waals surface area (Å²) in [4.78, 5) is 24.7. The lowest BCUT2D eigenvalue weighted by Gasteiger charge is -2.17. The SMILES string of the molecule is CCN(CC)C(=O)CC(=O)c1ccco1. The normalized spacial score (nSPS) is 10.0. The van der Waals surface area contributed by atoms with E-state index >= 15 is 0 Å². The topological polar surface area (TPSA) is 50.5 Å². The Hall–Kier alpha value is -1.58. The molecule has 0 bridgehead atoms. The number of amides is 1. The van der Waals surface area contributed by atoms with Gasteiger partial charge < -0.3 is 9.32 Å². The molecule has 0 radical (unpaired) electrons. The van der Waals surface area contributed by atoms with E-state index in [4.69, 9.17) is 4.42 Å². The molecule has 1 rings (SSSR count). The maximum Gasteiger partial charge on any atom is 0.230 e. The number of rotatable bonds is 5. The zero-order valence-corrected chi connectivity index (χ0v) is 9.03. The number of hydrogen-bond acceptors (Lipinski definition) is 3. The van der Waals surface area contributed by atoms with Crippen molar-refractivity contribution in [3.8, 4) is 0 Å². The van der Waals surface area contributed by atoms with Crippen LogP contribution in [0.1, 0.15) is 30.8 Å². The maximum atomic E-state index is 11.6. The van der Waals surface area contributed by atoms with Gasteiger partial charge in [0.05, 0.1) is 12.7 Å². The molecule has 4 nitrogen and oxygen atoms in total. The zero-order valence-electron chi connectivity index (χ0n) is 9.03. The third kappa shape index (κ3) is 2.94. The van der Waals surface area contributed by atoms with Crippen molar-refractivity contribution in [1.82, 2.24) is 4.90 Å². The van der Waals surface area contributed by atoms with E-state index in [0.717, 1.165) is 0 Å². The van der Waals surface area contributed by atoms with Gasteiger partial charge in [0.25, 0.3) is 0 Å². The smallest absolute Gasteiger partial charge is 0.230 e. The van der Waals surface area contributed by atoms with Crippen molar-refractivity contribution in [2.45, 2.75) is 20.3 Å². The summed E-state index contributed by atoms with van der Waals surface area (Å²) in [7, 11) is 0. The van der Waals surface area contributed by atoms with Crippen LogP contribution in [0.3, 0.4) is 0 Å². The highest BCUT2D eigenvalue weighted by molar-refractivity contribution is 6.05. The minimum atomic E-state index is -0.267. The first-order valence-corrected chi connectivity index (χ1v) is 5.03. The molecule has 0 N–H and O–H groups in total. The van der Waals surface area contributed by atoms with Crippen LogP contribution in [-0.4, -0.2) is 29.7 Å². The Bertz CT molecular complexity index is 326. The number of hydrogen-bond donors (Lipinski definition) is 0. The molecule has 1 amide bonds. The Kier molecular flexibility index (Phi) is 4.09. The number of carbonyl (C=O) groups is 2. The minimum Gasteiger partial charge on any atom is -0.461 e. The highest BCUT2D eigenvalue weighted by atomic mass is 16.3. The van der Waals surface area contributed by atoms with Crippen LogP contribution in [0, 0.1) is 0 Å². The molecule has 1 aromatic heterocycles. The monoisotopic (exact) mass is 209 g/mol. The molecule has 15 heavy (non-hydrogen) atoms. The molecule has 1 aromatic rings. The van der Waals surface area contributed by atoms with Gasteiger partial charge in [0.15, 0.2) is 5.76 Å². The van der Waals surface area contributed by atoms with E-state index in [1.807, 2.05) is 13.8 Å². The Morgan fingerprint density at radius 3 is 2.47 bits per heavy atom. The van der Waals surface area contributed by atoms with E-state index in [1.165, 1.54) is 6.26 Å². The summed E-state index contributed by atoms with van der Waals surface area (Å²) < 4.78 is 4.92. The van der Waals surface area contributed by atoms with Crippen molar-refractivity contribution in [3.05, 3.63) is 24.2 Å². The van der Waals surface area contributed by atoms with Crippen molar-refractivity contribution < 1.29 is 14.0 Å². The molecular weight excluding hydrogens is 194 g/mol. The lowest BCUT2D eigenvalue weighted by atomic mass is 10.2. The van der Waals surface area contributed by atoms with E-state index in [9.17, 15) is 9.59 Å². The first-order valence-electron chi connectivity index (χ1n) is 5.03. The van der Waals surface area contributed by atoms with Gasteiger partial charge in [-0.2, -0.15) is 0 Å². The Labute approximate surface area is 88.9 Å². The molecule has 82 valence electrons. The molecule has 0 saturated carbocycles. The average molecular weight is 209 g/mol. The summed E-state index contributed by atoms with van der Waals surface area (Å²) in [5, 5.41) is 0. The predicted octanol–water partition coefficient (Wildman–Crippen LogP) is 1.72. The van der Waals surface area contributed by atoms with Gasteiger partial charge in [0.1, 0.15) is 0 Å². The highest BCUT2D eigenvalue weighted by Crippen LogP contribution is 2.05. The Morgan fingerprint density at radius 1 is 1.33 bits per heavy atom. The van der Waals surface area contributed by atoms with Crippen LogP contribution in [0.5, 0.6) is 0 Å². The summed E-state index contributed by atoms with van der Waals surface area (Å²) in [6.07, 6.45) is 1.31. The van der Waals surface area contributed by atoms with Crippen LogP contribution in [0.15, 0.2) is 22.8 Å². The van der Waals surface area contributed by atoms with E-state index in [0.29, 0.717) is 13.1 Å². The lowest BCUT2D eigenvalue weighted by molar-refractivity contribution is -0.129. The Balaban J connectivity index is 2.55. The first-order chi connectivity index (χ1) is 7.19. The second-order valence-electron chi connectivity index (χ2n) is 3.14. The van der Waals surface area contributed by atoms with Crippen molar-refractivity contribution in [1.29, 1.82) is 0 Å². The van der Waals surface area contributed by atoms with E-state index < -0.39 is 0 Å². The molecular formula is C11H15NO3. The van der Waals surface area contributed by atoms with Crippen LogP contribution in [-0.2, 0) is 4.79 Å². The fourth-order valence-electron chi connectivity index (χ4n) is 1.35. The molecule has 0 fully saturated rings. The number of Topliss-reactive ketones (excluding diaryl/α,β-unsaturated/α-hetero) is 1. The third-order valence-electron chi connectivity index (χ3n) is 2.22. The quantitative estimate of drug-likeness (QED) is 0.548. The van der Waals surface area contributed by atoms with Crippen molar-refractivity contribution in [2.75, 3.05) is 13.1 Å². The number of nitrogens with zero attached hydrogens (tertiary/aromatic N) is 1. The van der Waals surface area contributed by atoms with Gasteiger partial charge in [-0.25, -0.2) is 0 Å². The molecule has 0 aliphatic rings. The fourth-order valence-corrected chi connectivity index (χ4v) is 1.35. The molecule has 0 unspecified atom stereocenters. The van der Waals surface area contributed by atoms with Crippen LogP contribution in [0.4, 0.5) is 0 Å². The lowest BCUT2D eigenvalue weighted by Crippen LogP contribution is -2.31. The molecule has 0 aromatic carbocycles. The first kappa shape index (κ1) is 11.5. The van der Waals surface area contributed by atoms with Gasteiger partial charge in [0.2, 0.25) is 11.7 Å². The summed E-state index contributed by atoms with van der Waals surface area (Å²) in [5.74, 6) is -0.172. The Morgan fingerprint density at radius 2 is 2.00 bits per heavy atom. The molecule has 0 atom stereocenters. The molecule has 0 aliphatic heterocycles. The van der Waals surface area contributed by atoms with Crippen molar-refractivity contribution in [3.63, 3.8) is 0 Å². The molecule has 0 aliphatic carbocycles. The minimum absolute atomic E-state index is 0.116. The average Bonchev–Trinajstić information content (AvgIpc) is 2.72. The van der Waals surface area contributed by atoms with Crippen LogP contribution >= 0.6 is 0 Å². The predicted molar refractivity (Wildman–Crippen MR) is 55.6 cm³/mol. The number of ketones is 1. The summed E-state index contributed by atoms with van der Waals surface area (Å²) in [6, 6.07) is 3.20. The molecule has 1 heterocycles. The summed E-state index contributed by atoms with van der Waals surface area (Å²) in [6.45, 7) is 5.03. The van der Waals surface area contributed by atoms with Gasteiger partial charge in [-0.05, 0) is 26.0 Å². The van der Waals surface area contributed by atoms with Gasteiger partial charge in [0, 0.05) is 13.1 Å². The summed E-state index contributed by atoms with van der Waals surface area (Å²) >= 11 is 0. The van der Waals surface area contributed by atoms with Gasteiger partial charge in [-0.15, -0.1) is 0 Å². The van der Waals surface area contributed by atoms with Gasteiger partial charge in [-0.1, -0.05) is 0 Å². The zero-order chi connectivity index (χ0) is 11.3. The molecule has 4 heteroatoms. The van der Waals surface area contributed by atoms with Gasteiger partial charge in [-0.3, -0.25) is 9.59 Å². The maximum absolute atomic E-state index is 11.6. The highest BCUT2D eigenvalue weighted by Gasteiger charge is 2.17.